The SMILES string of the molecule is C[C@@H](Oc1ccc(Cl)cc1Cl)C(=O)N1CCN(Cc2ccccc2)CC1. The highest BCUT2D eigenvalue weighted by Gasteiger charge is 2.26. The van der Waals surface area contributed by atoms with Crippen LogP contribution in [-0.2, 0) is 11.3 Å². The second-order valence-electron chi connectivity index (χ2n) is 6.42. The average Bonchev–Trinajstić information content (AvgIpc) is 2.65. The van der Waals surface area contributed by atoms with Crippen molar-refractivity contribution in [3.05, 3.63) is 64.1 Å². The fourth-order valence-corrected chi connectivity index (χ4v) is 3.49. The number of benzene rings is 2. The van der Waals surface area contributed by atoms with Crippen LogP contribution in [-0.4, -0.2) is 48.0 Å². The fourth-order valence-electron chi connectivity index (χ4n) is 3.04. The van der Waals surface area contributed by atoms with Crippen molar-refractivity contribution in [1.82, 2.24) is 9.80 Å². The third kappa shape index (κ3) is 4.91. The molecule has 0 unspecified atom stereocenters. The maximum atomic E-state index is 12.7. The summed E-state index contributed by atoms with van der Waals surface area (Å²) in [6.45, 7) is 5.78. The molecular formula is C20H22Cl2N2O2. The Bertz CT molecular complexity index is 747. The van der Waals surface area contributed by atoms with Crippen LogP contribution in [0.3, 0.4) is 0 Å². The van der Waals surface area contributed by atoms with Gasteiger partial charge in [-0.25, -0.2) is 0 Å². The standard InChI is InChI=1S/C20H22Cl2N2O2/c1-15(26-19-8-7-17(21)13-18(19)22)20(25)24-11-9-23(10-12-24)14-16-5-3-2-4-6-16/h2-8,13,15H,9-12,14H2,1H3/t15-/m1/s1. The zero-order valence-corrected chi connectivity index (χ0v) is 16.2. The highest BCUT2D eigenvalue weighted by Crippen LogP contribution is 2.28. The van der Waals surface area contributed by atoms with Crippen LogP contribution < -0.4 is 4.74 Å². The number of halogens is 2. The van der Waals surface area contributed by atoms with Gasteiger partial charge in [-0.1, -0.05) is 53.5 Å². The summed E-state index contributed by atoms with van der Waals surface area (Å²) in [5, 5.41) is 0.945. The number of hydrogen-bond donors (Lipinski definition) is 0. The highest BCUT2D eigenvalue weighted by molar-refractivity contribution is 6.35. The Balaban J connectivity index is 1.51. The molecule has 0 bridgehead atoms. The molecule has 26 heavy (non-hydrogen) atoms. The van der Waals surface area contributed by atoms with Gasteiger partial charge in [0.2, 0.25) is 0 Å². The maximum Gasteiger partial charge on any atom is 0.263 e. The Morgan fingerprint density at radius 2 is 1.77 bits per heavy atom. The van der Waals surface area contributed by atoms with Crippen LogP contribution >= 0.6 is 23.2 Å². The van der Waals surface area contributed by atoms with Crippen LogP contribution in [0.2, 0.25) is 10.0 Å². The molecule has 1 fully saturated rings. The van der Waals surface area contributed by atoms with Crippen LogP contribution in [0.4, 0.5) is 0 Å². The van der Waals surface area contributed by atoms with Gasteiger partial charge in [0.15, 0.2) is 6.10 Å². The first-order valence-electron chi connectivity index (χ1n) is 8.69. The monoisotopic (exact) mass is 392 g/mol. The number of carbonyl (C=O) groups is 1. The summed E-state index contributed by atoms with van der Waals surface area (Å²) in [7, 11) is 0. The van der Waals surface area contributed by atoms with E-state index < -0.39 is 6.10 Å². The van der Waals surface area contributed by atoms with Gasteiger partial charge in [-0.2, -0.15) is 0 Å². The van der Waals surface area contributed by atoms with Crippen molar-refractivity contribution in [2.75, 3.05) is 26.2 Å². The van der Waals surface area contributed by atoms with Crippen molar-refractivity contribution in [3.8, 4) is 5.75 Å². The van der Waals surface area contributed by atoms with E-state index in [-0.39, 0.29) is 5.91 Å². The lowest BCUT2D eigenvalue weighted by Crippen LogP contribution is -2.51. The zero-order valence-electron chi connectivity index (χ0n) is 14.7. The second kappa shape index (κ2) is 8.76. The number of amides is 1. The predicted octanol–water partition coefficient (Wildman–Crippen LogP) is 4.11. The van der Waals surface area contributed by atoms with E-state index in [2.05, 4.69) is 29.2 Å². The van der Waals surface area contributed by atoms with Gasteiger partial charge < -0.3 is 9.64 Å². The van der Waals surface area contributed by atoms with Gasteiger partial charge >= 0.3 is 0 Å². The summed E-state index contributed by atoms with van der Waals surface area (Å²) in [6.07, 6.45) is -0.589. The summed E-state index contributed by atoms with van der Waals surface area (Å²) in [5.41, 5.74) is 1.29. The molecule has 1 atom stereocenters. The minimum Gasteiger partial charge on any atom is -0.479 e. The molecule has 2 aromatic rings. The molecule has 0 aliphatic carbocycles. The lowest BCUT2D eigenvalue weighted by molar-refractivity contribution is -0.139. The number of hydrogen-bond acceptors (Lipinski definition) is 3. The van der Waals surface area contributed by atoms with Crippen molar-refractivity contribution in [2.24, 2.45) is 0 Å². The molecule has 6 heteroatoms. The number of nitrogens with zero attached hydrogens (tertiary/aromatic N) is 2. The van der Waals surface area contributed by atoms with Crippen LogP contribution in [0, 0.1) is 0 Å². The van der Waals surface area contributed by atoms with Gasteiger partial charge in [-0.15, -0.1) is 0 Å². The Kier molecular flexibility index (Phi) is 6.41. The zero-order chi connectivity index (χ0) is 18.5. The third-order valence-electron chi connectivity index (χ3n) is 4.48. The molecular weight excluding hydrogens is 371 g/mol. The first kappa shape index (κ1) is 19.0. The summed E-state index contributed by atoms with van der Waals surface area (Å²) < 4.78 is 5.74. The Morgan fingerprint density at radius 1 is 1.08 bits per heavy atom. The largest absolute Gasteiger partial charge is 0.479 e. The maximum absolute atomic E-state index is 12.7. The summed E-state index contributed by atoms with van der Waals surface area (Å²) in [6, 6.07) is 15.4. The van der Waals surface area contributed by atoms with Crippen LogP contribution in [0.1, 0.15) is 12.5 Å². The molecule has 2 aromatic carbocycles. The van der Waals surface area contributed by atoms with Crippen LogP contribution in [0.15, 0.2) is 48.5 Å². The van der Waals surface area contributed by atoms with E-state index in [4.69, 9.17) is 27.9 Å². The van der Waals surface area contributed by atoms with E-state index in [1.54, 1.807) is 25.1 Å². The molecule has 0 radical (unpaired) electrons. The summed E-state index contributed by atoms with van der Waals surface area (Å²) in [5.74, 6) is 0.454. The Morgan fingerprint density at radius 3 is 2.42 bits per heavy atom. The van der Waals surface area contributed by atoms with E-state index in [1.807, 2.05) is 11.0 Å². The first-order valence-corrected chi connectivity index (χ1v) is 9.45. The van der Waals surface area contributed by atoms with E-state index in [0.29, 0.717) is 28.9 Å². The molecule has 1 amide bonds. The molecule has 3 rings (SSSR count). The van der Waals surface area contributed by atoms with Gasteiger partial charge in [0, 0.05) is 37.7 Å². The van der Waals surface area contributed by atoms with Gasteiger partial charge in [-0.3, -0.25) is 9.69 Å². The molecule has 1 aliphatic rings. The molecule has 0 N–H and O–H groups in total. The van der Waals surface area contributed by atoms with Gasteiger partial charge in [0.25, 0.3) is 5.91 Å². The second-order valence-corrected chi connectivity index (χ2v) is 7.27. The predicted molar refractivity (Wildman–Crippen MR) is 105 cm³/mol. The minimum absolute atomic E-state index is 0.0182. The minimum atomic E-state index is -0.589. The van der Waals surface area contributed by atoms with E-state index in [1.165, 1.54) is 5.56 Å². The molecule has 4 nitrogen and oxygen atoms in total. The average molecular weight is 393 g/mol. The van der Waals surface area contributed by atoms with Gasteiger partial charge in [0.1, 0.15) is 5.75 Å². The molecule has 0 aromatic heterocycles. The normalized spacial score (nSPS) is 16.3. The first-order chi connectivity index (χ1) is 12.5. The smallest absolute Gasteiger partial charge is 0.263 e. The van der Waals surface area contributed by atoms with Crippen LogP contribution in [0.5, 0.6) is 5.75 Å². The molecule has 1 heterocycles. The van der Waals surface area contributed by atoms with Crippen LogP contribution in [0.25, 0.3) is 0 Å². The van der Waals surface area contributed by atoms with E-state index >= 15 is 0 Å². The van der Waals surface area contributed by atoms with Crippen molar-refractivity contribution < 1.29 is 9.53 Å². The summed E-state index contributed by atoms with van der Waals surface area (Å²) in [4.78, 5) is 16.9. The molecule has 0 saturated carbocycles. The fraction of sp³-hybridized carbons (Fsp3) is 0.350. The van der Waals surface area contributed by atoms with Crippen molar-refractivity contribution in [1.29, 1.82) is 0 Å². The third-order valence-corrected chi connectivity index (χ3v) is 5.01. The lowest BCUT2D eigenvalue weighted by Gasteiger charge is -2.36. The van der Waals surface area contributed by atoms with Crippen molar-refractivity contribution in [2.45, 2.75) is 19.6 Å². The van der Waals surface area contributed by atoms with Crippen molar-refractivity contribution in [3.63, 3.8) is 0 Å². The Hall–Kier alpha value is -1.75. The quantitative estimate of drug-likeness (QED) is 0.767. The van der Waals surface area contributed by atoms with Crippen molar-refractivity contribution >= 4 is 29.1 Å². The number of carbonyl (C=O) groups excluding carboxylic acids is 1. The number of piperazine rings is 1. The molecule has 138 valence electrons. The highest BCUT2D eigenvalue weighted by atomic mass is 35.5. The molecule has 1 saturated heterocycles. The summed E-state index contributed by atoms with van der Waals surface area (Å²) >= 11 is 12.0. The molecule has 1 aliphatic heterocycles. The molecule has 0 spiro atoms. The topological polar surface area (TPSA) is 32.8 Å². The van der Waals surface area contributed by atoms with E-state index in [9.17, 15) is 4.79 Å². The number of ether oxygens (including phenoxy) is 1. The van der Waals surface area contributed by atoms with Gasteiger partial charge in [0.05, 0.1) is 5.02 Å². The lowest BCUT2D eigenvalue weighted by atomic mass is 10.2. The van der Waals surface area contributed by atoms with Gasteiger partial charge in [-0.05, 0) is 30.7 Å². The Labute approximate surface area is 164 Å². The number of rotatable bonds is 5. The van der Waals surface area contributed by atoms with E-state index in [0.717, 1.165) is 19.6 Å².